The standard InChI is InChI=1S/C14H15F7NO2P/c1-3-22(4-2)25(21,10-8-6-5-7-9-10)23-11(13(15,16)17)12(24-25)14(18,19)20/h5-9H,3-4H2,1-2H3. The molecule has 11 heteroatoms. The Morgan fingerprint density at radius 3 is 1.56 bits per heavy atom. The molecule has 1 aliphatic heterocycles. The van der Waals surface area contributed by atoms with Crippen LogP contribution in [0.3, 0.4) is 0 Å². The summed E-state index contributed by atoms with van der Waals surface area (Å²) in [6.45, 7) is 2.31. The van der Waals surface area contributed by atoms with E-state index in [0.717, 1.165) is 16.8 Å². The van der Waals surface area contributed by atoms with Gasteiger partial charge in [0.05, 0.1) is 0 Å². The quantitative estimate of drug-likeness (QED) is 0.517. The van der Waals surface area contributed by atoms with E-state index in [0.29, 0.717) is 0 Å². The maximum absolute atomic E-state index is 16.2. The third-order valence-corrected chi connectivity index (χ3v) is 7.28. The van der Waals surface area contributed by atoms with E-state index in [1.165, 1.54) is 32.0 Å². The van der Waals surface area contributed by atoms with Gasteiger partial charge in [-0.1, -0.05) is 0 Å². The number of nitrogens with zero attached hydrogens (tertiary/aromatic N) is 1. The minimum atomic E-state index is -6.17. The van der Waals surface area contributed by atoms with Gasteiger partial charge < -0.3 is 0 Å². The van der Waals surface area contributed by atoms with E-state index in [1.54, 1.807) is 0 Å². The van der Waals surface area contributed by atoms with Crippen LogP contribution in [0.2, 0.25) is 0 Å². The molecule has 2 rings (SSSR count). The Bertz CT molecular complexity index is 642. The SMILES string of the molecule is CCN(CC)P1(F)(c2ccccc2)OC(C(F)(F)F)=C(C(F)(F)F)O1. The first-order valence-corrected chi connectivity index (χ1v) is 9.12. The van der Waals surface area contributed by atoms with E-state index in [4.69, 9.17) is 0 Å². The van der Waals surface area contributed by atoms with Crippen LogP contribution in [0.25, 0.3) is 0 Å². The first-order valence-electron chi connectivity index (χ1n) is 7.21. The van der Waals surface area contributed by atoms with Crippen molar-refractivity contribution in [1.82, 2.24) is 4.67 Å². The molecule has 142 valence electrons. The van der Waals surface area contributed by atoms with Crippen molar-refractivity contribution in [3.63, 3.8) is 0 Å². The summed E-state index contributed by atoms with van der Waals surface area (Å²) >= 11 is 0. The normalized spacial score (nSPS) is 21.4. The summed E-state index contributed by atoms with van der Waals surface area (Å²) in [7, 11) is -6.17. The molecule has 0 saturated carbocycles. The zero-order valence-corrected chi connectivity index (χ0v) is 14.1. The number of halogens is 7. The molecule has 1 aromatic carbocycles. The van der Waals surface area contributed by atoms with Crippen LogP contribution >= 0.6 is 7.52 Å². The van der Waals surface area contributed by atoms with Gasteiger partial charge >= 0.3 is 138 Å². The molecule has 1 aliphatic rings. The molecule has 0 fully saturated rings. The second-order valence-electron chi connectivity index (χ2n) is 5.13. The van der Waals surface area contributed by atoms with Crippen LogP contribution in [0, 0.1) is 0 Å². The van der Waals surface area contributed by atoms with E-state index in [-0.39, 0.29) is 13.1 Å². The van der Waals surface area contributed by atoms with Gasteiger partial charge in [0.25, 0.3) is 0 Å². The van der Waals surface area contributed by atoms with Crippen LogP contribution in [0.1, 0.15) is 13.8 Å². The molecule has 0 spiro atoms. The van der Waals surface area contributed by atoms with Gasteiger partial charge in [-0.3, -0.25) is 0 Å². The molecule has 0 atom stereocenters. The van der Waals surface area contributed by atoms with E-state index in [2.05, 4.69) is 9.05 Å². The fraction of sp³-hybridized carbons (Fsp3) is 0.429. The molecule has 1 aromatic rings. The van der Waals surface area contributed by atoms with E-state index < -0.39 is 36.7 Å². The molecule has 0 N–H and O–H groups in total. The topological polar surface area (TPSA) is 21.7 Å². The predicted molar refractivity (Wildman–Crippen MR) is 78.3 cm³/mol. The maximum atomic E-state index is 16.2. The van der Waals surface area contributed by atoms with Crippen molar-refractivity contribution in [2.75, 3.05) is 13.1 Å². The van der Waals surface area contributed by atoms with Crippen molar-refractivity contribution in [3.05, 3.63) is 41.9 Å². The summed E-state index contributed by atoms with van der Waals surface area (Å²) < 4.78 is 105. The van der Waals surface area contributed by atoms with E-state index in [1.807, 2.05) is 0 Å². The first kappa shape index (κ1) is 19.8. The van der Waals surface area contributed by atoms with Crippen molar-refractivity contribution < 1.29 is 39.6 Å². The average molecular weight is 393 g/mol. The zero-order chi connectivity index (χ0) is 19.1. The van der Waals surface area contributed by atoms with Gasteiger partial charge in [0, 0.05) is 0 Å². The minimum absolute atomic E-state index is 0.226. The molecule has 0 saturated heterocycles. The van der Waals surface area contributed by atoms with Crippen LogP contribution in [0.15, 0.2) is 41.9 Å². The number of benzene rings is 1. The third kappa shape index (κ3) is 3.17. The fourth-order valence-electron chi connectivity index (χ4n) is 2.54. The molecule has 0 amide bonds. The Labute approximate surface area is 139 Å². The Hall–Kier alpha value is -1.54. The van der Waals surface area contributed by atoms with Crippen molar-refractivity contribution in [3.8, 4) is 0 Å². The van der Waals surface area contributed by atoms with Crippen LogP contribution in [0.4, 0.5) is 30.5 Å². The molecule has 0 bridgehead atoms. The molecule has 3 nitrogen and oxygen atoms in total. The van der Waals surface area contributed by atoms with Crippen LogP contribution < -0.4 is 5.30 Å². The summed E-state index contributed by atoms with van der Waals surface area (Å²) in [5, 5.41) is -0.516. The third-order valence-electron chi connectivity index (χ3n) is 3.61. The van der Waals surface area contributed by atoms with E-state index in [9.17, 15) is 26.3 Å². The first-order chi connectivity index (χ1) is 11.4. The number of hydrogen-bond donors (Lipinski definition) is 0. The van der Waals surface area contributed by atoms with Gasteiger partial charge in [-0.05, 0) is 0 Å². The predicted octanol–water partition coefficient (Wildman–Crippen LogP) is 5.22. The van der Waals surface area contributed by atoms with Gasteiger partial charge in [-0.15, -0.1) is 0 Å². The molecule has 25 heavy (non-hydrogen) atoms. The summed E-state index contributed by atoms with van der Waals surface area (Å²) in [5.74, 6) is -5.01. The van der Waals surface area contributed by atoms with Crippen LogP contribution in [0.5, 0.6) is 0 Å². The molecular formula is C14H15F7NO2P. The number of rotatable bonds is 4. The Balaban J connectivity index is 2.75. The van der Waals surface area contributed by atoms with Gasteiger partial charge in [0.1, 0.15) is 0 Å². The number of allylic oxidation sites excluding steroid dienone is 2. The van der Waals surface area contributed by atoms with Crippen molar-refractivity contribution in [2.24, 2.45) is 0 Å². The van der Waals surface area contributed by atoms with Crippen molar-refractivity contribution >= 4 is 12.8 Å². The summed E-state index contributed by atoms with van der Waals surface area (Å²) in [6.07, 6.45) is -11.1. The molecule has 0 radical (unpaired) electrons. The Morgan fingerprint density at radius 2 is 1.24 bits per heavy atom. The fourth-order valence-corrected chi connectivity index (χ4v) is 5.97. The summed E-state index contributed by atoms with van der Waals surface area (Å²) in [6, 6.07) is 6.08. The molecule has 0 aromatic heterocycles. The molecular weight excluding hydrogens is 378 g/mol. The van der Waals surface area contributed by atoms with Crippen LogP contribution in [-0.4, -0.2) is 30.1 Å². The van der Waals surface area contributed by atoms with Crippen molar-refractivity contribution in [2.45, 2.75) is 26.2 Å². The zero-order valence-electron chi connectivity index (χ0n) is 13.2. The number of alkyl halides is 6. The van der Waals surface area contributed by atoms with Crippen molar-refractivity contribution in [1.29, 1.82) is 0 Å². The summed E-state index contributed by atoms with van der Waals surface area (Å²) in [5.41, 5.74) is 0. The van der Waals surface area contributed by atoms with Gasteiger partial charge in [-0.2, -0.15) is 0 Å². The average Bonchev–Trinajstić information content (AvgIpc) is 2.87. The summed E-state index contributed by atoms with van der Waals surface area (Å²) in [4.78, 5) is 0. The van der Waals surface area contributed by atoms with E-state index >= 15 is 4.20 Å². The van der Waals surface area contributed by atoms with Gasteiger partial charge in [-0.25, -0.2) is 0 Å². The van der Waals surface area contributed by atoms with Gasteiger partial charge in [0.2, 0.25) is 0 Å². The Kier molecular flexibility index (Phi) is 4.76. The monoisotopic (exact) mass is 393 g/mol. The second-order valence-corrected chi connectivity index (χ2v) is 8.21. The second kappa shape index (κ2) is 6.02. The molecule has 0 aliphatic carbocycles. The Morgan fingerprint density at radius 1 is 0.840 bits per heavy atom. The number of hydrogen-bond acceptors (Lipinski definition) is 3. The van der Waals surface area contributed by atoms with Crippen LogP contribution in [-0.2, 0) is 9.05 Å². The molecule has 0 unspecified atom stereocenters. The van der Waals surface area contributed by atoms with Gasteiger partial charge in [0.15, 0.2) is 0 Å². The molecule has 1 heterocycles.